The maximum atomic E-state index is 12.7. The van der Waals surface area contributed by atoms with Gasteiger partial charge in [0.15, 0.2) is 0 Å². The van der Waals surface area contributed by atoms with Crippen molar-refractivity contribution in [1.82, 2.24) is 4.57 Å². The molecule has 0 radical (unpaired) electrons. The first-order chi connectivity index (χ1) is 8.56. The maximum absolute atomic E-state index is 12.7. The fraction of sp³-hybridized carbons (Fsp3) is 0.500. The van der Waals surface area contributed by atoms with E-state index in [1.807, 2.05) is 0 Å². The molecular weight excluding hydrogens is 280 g/mol. The Morgan fingerprint density at radius 3 is 2.26 bits per heavy atom. The van der Waals surface area contributed by atoms with E-state index in [-0.39, 0.29) is 11.2 Å². The number of alkyl halides is 6. The minimum Gasteiger partial charge on any atom is -0.462 e. The third-order valence-electron chi connectivity index (χ3n) is 2.08. The molecule has 0 amide bonds. The molecule has 0 aliphatic rings. The largest absolute Gasteiger partial charge is 0.462 e. The molecular formula is C10H9F6NO2. The van der Waals surface area contributed by atoms with E-state index in [9.17, 15) is 31.1 Å². The molecule has 1 aromatic heterocycles. The average Bonchev–Trinajstić information content (AvgIpc) is 2.58. The van der Waals surface area contributed by atoms with Gasteiger partial charge in [0.05, 0.1) is 12.2 Å². The van der Waals surface area contributed by atoms with Gasteiger partial charge in [-0.2, -0.15) is 26.3 Å². The van der Waals surface area contributed by atoms with Gasteiger partial charge in [-0.3, -0.25) is 0 Å². The summed E-state index contributed by atoms with van der Waals surface area (Å²) in [6, 6.07) is 0.659. The fourth-order valence-electron chi connectivity index (χ4n) is 1.49. The topological polar surface area (TPSA) is 31.2 Å². The Bertz CT molecular complexity index is 460. The van der Waals surface area contributed by atoms with Crippen molar-refractivity contribution in [3.05, 3.63) is 23.5 Å². The van der Waals surface area contributed by atoms with E-state index < -0.39 is 36.1 Å². The van der Waals surface area contributed by atoms with Gasteiger partial charge in [-0.25, -0.2) is 4.79 Å². The number of nitrogens with zero attached hydrogens (tertiary/aromatic N) is 1. The molecule has 0 aromatic carbocycles. The summed E-state index contributed by atoms with van der Waals surface area (Å²) in [5.41, 5.74) is -2.60. The van der Waals surface area contributed by atoms with E-state index >= 15 is 0 Å². The predicted octanol–water partition coefficient (Wildman–Crippen LogP) is 3.25. The van der Waals surface area contributed by atoms with Gasteiger partial charge in [0, 0.05) is 6.20 Å². The normalized spacial score (nSPS) is 12.6. The fourth-order valence-corrected chi connectivity index (χ4v) is 1.49. The third kappa shape index (κ3) is 3.90. The molecule has 0 N–H and O–H groups in total. The van der Waals surface area contributed by atoms with Gasteiger partial charge in [0.1, 0.15) is 12.2 Å². The lowest BCUT2D eigenvalue weighted by atomic mass is 10.2. The summed E-state index contributed by atoms with van der Waals surface area (Å²) < 4.78 is 79.0. The number of carbonyl (C=O) groups excluding carboxylic acids is 1. The highest BCUT2D eigenvalue weighted by atomic mass is 19.4. The smallest absolute Gasteiger partial charge is 0.432 e. The molecule has 1 heterocycles. The van der Waals surface area contributed by atoms with Gasteiger partial charge in [-0.1, -0.05) is 0 Å². The van der Waals surface area contributed by atoms with Crippen LogP contribution in [0.1, 0.15) is 23.0 Å². The number of aromatic nitrogens is 1. The highest BCUT2D eigenvalue weighted by Crippen LogP contribution is 2.34. The van der Waals surface area contributed by atoms with Crippen LogP contribution in [0.25, 0.3) is 0 Å². The molecule has 0 spiro atoms. The van der Waals surface area contributed by atoms with Crippen LogP contribution in [0.15, 0.2) is 12.3 Å². The Kier molecular flexibility index (Phi) is 4.16. The van der Waals surface area contributed by atoms with Crippen molar-refractivity contribution in [1.29, 1.82) is 0 Å². The zero-order chi connectivity index (χ0) is 14.8. The van der Waals surface area contributed by atoms with Crippen molar-refractivity contribution < 1.29 is 35.9 Å². The number of rotatable bonds is 3. The van der Waals surface area contributed by atoms with Crippen LogP contribution in [-0.4, -0.2) is 23.3 Å². The van der Waals surface area contributed by atoms with Crippen LogP contribution in [0, 0.1) is 0 Å². The van der Waals surface area contributed by atoms with Gasteiger partial charge >= 0.3 is 18.3 Å². The summed E-state index contributed by atoms with van der Waals surface area (Å²) in [7, 11) is 0. The summed E-state index contributed by atoms with van der Waals surface area (Å²) >= 11 is 0. The SMILES string of the molecule is CCOC(=O)c1ccn(CC(F)(F)F)c1C(F)(F)F. The molecule has 9 heteroatoms. The van der Waals surface area contributed by atoms with E-state index in [1.54, 1.807) is 0 Å². The molecule has 19 heavy (non-hydrogen) atoms. The molecule has 0 unspecified atom stereocenters. The standard InChI is InChI=1S/C10H9F6NO2/c1-2-19-8(18)6-3-4-17(5-9(11,12)13)7(6)10(14,15)16/h3-4H,2,5H2,1H3. The molecule has 1 rings (SSSR count). The summed E-state index contributed by atoms with van der Waals surface area (Å²) in [6.45, 7) is -0.639. The van der Waals surface area contributed by atoms with Crippen molar-refractivity contribution in [3.8, 4) is 0 Å². The zero-order valence-electron chi connectivity index (χ0n) is 9.60. The van der Waals surface area contributed by atoms with Crippen molar-refractivity contribution in [2.45, 2.75) is 25.8 Å². The number of hydrogen-bond donors (Lipinski definition) is 0. The van der Waals surface area contributed by atoms with E-state index in [0.29, 0.717) is 12.3 Å². The monoisotopic (exact) mass is 289 g/mol. The van der Waals surface area contributed by atoms with Crippen molar-refractivity contribution >= 4 is 5.97 Å². The quantitative estimate of drug-likeness (QED) is 0.632. The maximum Gasteiger partial charge on any atom is 0.432 e. The lowest BCUT2D eigenvalue weighted by Gasteiger charge is -2.15. The minimum absolute atomic E-state index is 0.0632. The number of ether oxygens (including phenoxy) is 1. The van der Waals surface area contributed by atoms with Crippen molar-refractivity contribution in [2.75, 3.05) is 6.61 Å². The molecule has 0 saturated heterocycles. The molecule has 0 atom stereocenters. The first-order valence-electron chi connectivity index (χ1n) is 5.06. The molecule has 3 nitrogen and oxygen atoms in total. The minimum atomic E-state index is -5.09. The Morgan fingerprint density at radius 2 is 1.84 bits per heavy atom. The Morgan fingerprint density at radius 1 is 1.26 bits per heavy atom. The average molecular weight is 289 g/mol. The molecule has 1 aromatic rings. The van der Waals surface area contributed by atoms with Crippen molar-refractivity contribution in [3.63, 3.8) is 0 Å². The highest BCUT2D eigenvalue weighted by molar-refractivity contribution is 5.91. The predicted molar refractivity (Wildman–Crippen MR) is 51.4 cm³/mol. The summed E-state index contributed by atoms with van der Waals surface area (Å²) in [5, 5.41) is 0. The first-order valence-corrected chi connectivity index (χ1v) is 5.06. The Balaban J connectivity index is 3.24. The molecule has 0 fully saturated rings. The Hall–Kier alpha value is -1.67. The molecule has 0 saturated carbocycles. The summed E-state index contributed by atoms with van der Waals surface area (Å²) in [5.74, 6) is -1.31. The molecule has 108 valence electrons. The van der Waals surface area contributed by atoms with E-state index in [1.165, 1.54) is 6.92 Å². The first kappa shape index (κ1) is 15.4. The Labute approximate surface area is 103 Å². The van der Waals surface area contributed by atoms with Crippen molar-refractivity contribution in [2.24, 2.45) is 0 Å². The van der Waals surface area contributed by atoms with Gasteiger partial charge in [0.25, 0.3) is 0 Å². The number of hydrogen-bond acceptors (Lipinski definition) is 2. The third-order valence-corrected chi connectivity index (χ3v) is 2.08. The van der Waals surface area contributed by atoms with Crippen LogP contribution in [0.2, 0.25) is 0 Å². The van der Waals surface area contributed by atoms with Gasteiger partial charge < -0.3 is 9.30 Å². The summed E-state index contributed by atoms with van der Waals surface area (Å²) in [4.78, 5) is 11.3. The van der Waals surface area contributed by atoms with Crippen LogP contribution in [0.4, 0.5) is 26.3 Å². The van der Waals surface area contributed by atoms with E-state index in [0.717, 1.165) is 0 Å². The van der Waals surface area contributed by atoms with Gasteiger partial charge in [-0.15, -0.1) is 0 Å². The van der Waals surface area contributed by atoms with Gasteiger partial charge in [0.2, 0.25) is 0 Å². The van der Waals surface area contributed by atoms with Crippen LogP contribution in [0.5, 0.6) is 0 Å². The second kappa shape index (κ2) is 5.14. The van der Waals surface area contributed by atoms with Gasteiger partial charge in [-0.05, 0) is 13.0 Å². The van der Waals surface area contributed by atoms with Crippen LogP contribution < -0.4 is 0 Å². The molecule has 0 aliphatic carbocycles. The zero-order valence-corrected chi connectivity index (χ0v) is 9.60. The lowest BCUT2D eigenvalue weighted by Crippen LogP contribution is -2.24. The van der Waals surface area contributed by atoms with E-state index in [4.69, 9.17) is 0 Å². The van der Waals surface area contributed by atoms with Crippen LogP contribution in [-0.2, 0) is 17.5 Å². The molecule has 0 bridgehead atoms. The molecule has 0 aliphatic heterocycles. The number of halogens is 6. The second-order valence-electron chi connectivity index (χ2n) is 3.54. The van der Waals surface area contributed by atoms with E-state index in [2.05, 4.69) is 4.74 Å². The number of esters is 1. The van der Waals surface area contributed by atoms with Crippen LogP contribution >= 0.6 is 0 Å². The summed E-state index contributed by atoms with van der Waals surface area (Å²) in [6.07, 6.45) is -9.36. The second-order valence-corrected chi connectivity index (χ2v) is 3.54. The number of carbonyl (C=O) groups is 1. The lowest BCUT2D eigenvalue weighted by molar-refractivity contribution is -0.158. The van der Waals surface area contributed by atoms with Crippen LogP contribution in [0.3, 0.4) is 0 Å². The highest BCUT2D eigenvalue weighted by Gasteiger charge is 2.41.